The smallest absolute Gasteiger partial charge is 0.0483 e. The zero-order valence-corrected chi connectivity index (χ0v) is 9.13. The number of hydrogen-bond donors (Lipinski definition) is 1. The second kappa shape index (κ2) is 3.23. The summed E-state index contributed by atoms with van der Waals surface area (Å²) in [6.07, 6.45) is 2.01. The molecule has 0 amide bonds. The first-order chi connectivity index (χ1) is 5.82. The van der Waals surface area contributed by atoms with Crippen LogP contribution in [0.1, 0.15) is 40.5 Å². The van der Waals surface area contributed by atoms with Crippen LogP contribution in [-0.4, -0.2) is 22.7 Å². The minimum atomic E-state index is -0.309. The van der Waals surface area contributed by atoms with Crippen molar-refractivity contribution < 1.29 is 5.21 Å². The average molecular weight is 185 g/mol. The van der Waals surface area contributed by atoms with E-state index in [1.807, 2.05) is 27.7 Å². The first kappa shape index (κ1) is 11.0. The van der Waals surface area contributed by atoms with Crippen molar-refractivity contribution in [3.63, 3.8) is 0 Å². The fourth-order valence-corrected chi connectivity index (χ4v) is 2.33. The second-order valence-electron chi connectivity index (χ2n) is 5.23. The van der Waals surface area contributed by atoms with Crippen LogP contribution in [0, 0.1) is 5.92 Å². The summed E-state index contributed by atoms with van der Waals surface area (Å²) >= 11 is 0. The average Bonchev–Trinajstić information content (AvgIpc) is 2.01. The van der Waals surface area contributed by atoms with Gasteiger partial charge in [-0.05, 0) is 53.0 Å². The largest absolute Gasteiger partial charge is 0.330 e. The van der Waals surface area contributed by atoms with E-state index >= 15 is 0 Å². The van der Waals surface area contributed by atoms with E-state index < -0.39 is 0 Å². The van der Waals surface area contributed by atoms with Crippen LogP contribution in [-0.2, 0) is 5.21 Å². The van der Waals surface area contributed by atoms with Crippen molar-refractivity contribution in [3.8, 4) is 0 Å². The van der Waals surface area contributed by atoms with Crippen molar-refractivity contribution in [2.24, 2.45) is 11.7 Å². The summed E-state index contributed by atoms with van der Waals surface area (Å²) in [6.45, 7) is 8.63. The number of hydrogen-bond acceptors (Lipinski definition) is 2. The van der Waals surface area contributed by atoms with Gasteiger partial charge in [0.15, 0.2) is 0 Å². The lowest BCUT2D eigenvalue weighted by Gasteiger charge is -2.51. The Morgan fingerprint density at radius 2 is 1.92 bits per heavy atom. The van der Waals surface area contributed by atoms with E-state index in [2.05, 4.69) is 0 Å². The van der Waals surface area contributed by atoms with Crippen LogP contribution in [0.25, 0.3) is 0 Å². The maximum absolute atomic E-state index is 12.0. The van der Waals surface area contributed by atoms with E-state index in [0.29, 0.717) is 12.5 Å². The van der Waals surface area contributed by atoms with Crippen LogP contribution >= 0.6 is 0 Å². The number of piperidine rings is 1. The normalized spacial score (nSPS) is 33.2. The van der Waals surface area contributed by atoms with E-state index in [1.165, 1.54) is 5.06 Å². The Kier molecular flexibility index (Phi) is 2.72. The molecule has 0 aromatic rings. The highest BCUT2D eigenvalue weighted by Gasteiger charge is 2.47. The van der Waals surface area contributed by atoms with Crippen molar-refractivity contribution in [1.82, 2.24) is 5.06 Å². The van der Waals surface area contributed by atoms with Gasteiger partial charge in [0.1, 0.15) is 0 Å². The molecule has 3 nitrogen and oxygen atoms in total. The summed E-state index contributed by atoms with van der Waals surface area (Å²) in [6, 6.07) is 0. The lowest BCUT2D eigenvalue weighted by Crippen LogP contribution is -2.61. The quantitative estimate of drug-likeness (QED) is 0.674. The lowest BCUT2D eigenvalue weighted by atomic mass is 9.74. The van der Waals surface area contributed by atoms with Crippen molar-refractivity contribution in [2.45, 2.75) is 51.6 Å². The third-order valence-electron chi connectivity index (χ3n) is 3.46. The third kappa shape index (κ3) is 1.73. The highest BCUT2D eigenvalue weighted by atomic mass is 16.5. The highest BCUT2D eigenvalue weighted by Crippen LogP contribution is 2.40. The van der Waals surface area contributed by atoms with Crippen LogP contribution in [0.2, 0.25) is 0 Å². The molecule has 0 saturated carbocycles. The standard InChI is InChI=1S/C10H21N2O/c1-9(2)6-5-8(7-11)10(3,4)12(9)13/h8H,5-7,11H2,1-4H3. The molecule has 0 bridgehead atoms. The zero-order chi connectivity index (χ0) is 10.3. The molecule has 0 aliphatic carbocycles. The van der Waals surface area contributed by atoms with Crippen molar-refractivity contribution in [2.75, 3.05) is 6.54 Å². The molecule has 1 unspecified atom stereocenters. The van der Waals surface area contributed by atoms with Crippen LogP contribution in [0.3, 0.4) is 0 Å². The molecule has 0 spiro atoms. The van der Waals surface area contributed by atoms with Gasteiger partial charge in [-0.25, -0.2) is 0 Å². The van der Waals surface area contributed by atoms with Crippen LogP contribution in [0.15, 0.2) is 0 Å². The third-order valence-corrected chi connectivity index (χ3v) is 3.46. The molecule has 1 heterocycles. The van der Waals surface area contributed by atoms with Gasteiger partial charge in [0.2, 0.25) is 0 Å². The maximum Gasteiger partial charge on any atom is 0.0483 e. The maximum atomic E-state index is 12.0. The minimum Gasteiger partial charge on any atom is -0.330 e. The van der Waals surface area contributed by atoms with Gasteiger partial charge >= 0.3 is 0 Å². The molecule has 1 radical (unpaired) electrons. The molecular formula is C10H21N2O. The van der Waals surface area contributed by atoms with Crippen molar-refractivity contribution >= 4 is 0 Å². The fraction of sp³-hybridized carbons (Fsp3) is 1.00. The van der Waals surface area contributed by atoms with Gasteiger partial charge in [0, 0.05) is 11.1 Å². The Bertz CT molecular complexity index is 189. The SMILES string of the molecule is CC1(C)CCC(CN)C(C)(C)N1[O]. The number of nitrogens with zero attached hydrogens (tertiary/aromatic N) is 1. The molecule has 1 aliphatic rings. The van der Waals surface area contributed by atoms with Gasteiger partial charge in [0.25, 0.3) is 0 Å². The molecule has 13 heavy (non-hydrogen) atoms. The fourth-order valence-electron chi connectivity index (χ4n) is 2.33. The minimum absolute atomic E-state index is 0.227. The summed E-state index contributed by atoms with van der Waals surface area (Å²) in [5.74, 6) is 0.332. The lowest BCUT2D eigenvalue weighted by molar-refractivity contribution is -0.299. The summed E-state index contributed by atoms with van der Waals surface area (Å²) in [5, 5.41) is 13.2. The Hall–Kier alpha value is -0.120. The predicted molar refractivity (Wildman–Crippen MR) is 52.5 cm³/mol. The van der Waals surface area contributed by atoms with Gasteiger partial charge in [-0.2, -0.15) is 0 Å². The Balaban J connectivity index is 2.85. The molecule has 77 valence electrons. The number of hydroxylamine groups is 2. The molecule has 1 fully saturated rings. The van der Waals surface area contributed by atoms with Crippen LogP contribution in [0.4, 0.5) is 0 Å². The Morgan fingerprint density at radius 3 is 2.38 bits per heavy atom. The first-order valence-electron chi connectivity index (χ1n) is 5.00. The highest BCUT2D eigenvalue weighted by molar-refractivity contribution is 4.97. The molecule has 2 N–H and O–H groups in total. The van der Waals surface area contributed by atoms with E-state index in [0.717, 1.165) is 12.8 Å². The topological polar surface area (TPSA) is 49.2 Å². The molecule has 0 aromatic heterocycles. The van der Waals surface area contributed by atoms with Gasteiger partial charge in [-0.3, -0.25) is 0 Å². The van der Waals surface area contributed by atoms with Gasteiger partial charge in [-0.15, -0.1) is 10.3 Å². The van der Waals surface area contributed by atoms with Crippen molar-refractivity contribution in [1.29, 1.82) is 0 Å². The van der Waals surface area contributed by atoms with Crippen LogP contribution < -0.4 is 5.73 Å². The Labute approximate surface area is 80.9 Å². The van der Waals surface area contributed by atoms with E-state index in [1.54, 1.807) is 0 Å². The predicted octanol–water partition coefficient (Wildman–Crippen LogP) is 1.56. The zero-order valence-electron chi connectivity index (χ0n) is 9.13. The van der Waals surface area contributed by atoms with Gasteiger partial charge in [-0.1, -0.05) is 0 Å². The monoisotopic (exact) mass is 185 g/mol. The summed E-state index contributed by atoms with van der Waals surface area (Å²) in [4.78, 5) is 0. The molecule has 3 heteroatoms. The Morgan fingerprint density at radius 1 is 1.38 bits per heavy atom. The van der Waals surface area contributed by atoms with E-state index in [-0.39, 0.29) is 11.1 Å². The van der Waals surface area contributed by atoms with Gasteiger partial charge in [0.05, 0.1) is 0 Å². The van der Waals surface area contributed by atoms with Crippen LogP contribution in [0.5, 0.6) is 0 Å². The molecular weight excluding hydrogens is 164 g/mol. The molecule has 1 rings (SSSR count). The van der Waals surface area contributed by atoms with Gasteiger partial charge < -0.3 is 5.73 Å². The molecule has 1 atom stereocenters. The number of rotatable bonds is 1. The summed E-state index contributed by atoms with van der Waals surface area (Å²) in [7, 11) is 0. The molecule has 1 aliphatic heterocycles. The number of nitrogens with two attached hydrogens (primary N) is 1. The summed E-state index contributed by atoms with van der Waals surface area (Å²) in [5.41, 5.74) is 5.13. The van der Waals surface area contributed by atoms with Crippen molar-refractivity contribution in [3.05, 3.63) is 0 Å². The van der Waals surface area contributed by atoms with E-state index in [4.69, 9.17) is 5.73 Å². The summed E-state index contributed by atoms with van der Waals surface area (Å²) < 4.78 is 0. The molecule has 1 saturated heterocycles. The van der Waals surface area contributed by atoms with E-state index in [9.17, 15) is 5.21 Å². The second-order valence-corrected chi connectivity index (χ2v) is 5.23. The molecule has 0 aromatic carbocycles. The first-order valence-corrected chi connectivity index (χ1v) is 5.00.